The first-order valence-electron chi connectivity index (χ1n) is 5.37. The number of halogens is 4. The Morgan fingerprint density at radius 3 is 2.58 bits per heavy atom. The molecule has 0 saturated carbocycles. The van der Waals surface area contributed by atoms with E-state index in [9.17, 15) is 13.6 Å². The van der Waals surface area contributed by atoms with E-state index >= 15 is 0 Å². The highest BCUT2D eigenvalue weighted by molar-refractivity contribution is 6.30. The molecule has 0 amide bonds. The zero-order valence-electron chi connectivity index (χ0n) is 10.5. The van der Waals surface area contributed by atoms with Gasteiger partial charge in [0.25, 0.3) is 0 Å². The van der Waals surface area contributed by atoms with Crippen molar-refractivity contribution in [3.8, 4) is 0 Å². The second-order valence-corrected chi connectivity index (χ2v) is 4.26. The molecule has 0 fully saturated rings. The number of hydrogen-bond acceptors (Lipinski definition) is 3. The van der Waals surface area contributed by atoms with E-state index in [1.807, 2.05) is 0 Å². The topological polar surface area (TPSA) is 52.3 Å². The number of carbonyl (C=O) groups is 1. The van der Waals surface area contributed by atoms with Crippen LogP contribution in [-0.2, 0) is 9.53 Å². The SMILES string of the molecule is CCOC(=O)C(F)(F)[C@H](N)c1ccc(Cl)cc1C.Cl. The number of hydrogen-bond donors (Lipinski definition) is 1. The smallest absolute Gasteiger partial charge is 0.379 e. The van der Waals surface area contributed by atoms with Crippen LogP contribution >= 0.6 is 24.0 Å². The van der Waals surface area contributed by atoms with Crippen molar-refractivity contribution in [3.63, 3.8) is 0 Å². The molecule has 0 aliphatic heterocycles. The van der Waals surface area contributed by atoms with Gasteiger partial charge in [0.1, 0.15) is 6.04 Å². The molecule has 0 aromatic heterocycles. The van der Waals surface area contributed by atoms with Crippen molar-refractivity contribution in [2.24, 2.45) is 5.73 Å². The average molecular weight is 314 g/mol. The molecular formula is C12H15Cl2F2NO2. The molecule has 0 bridgehead atoms. The molecule has 0 saturated heterocycles. The summed E-state index contributed by atoms with van der Waals surface area (Å²) < 4.78 is 31.8. The van der Waals surface area contributed by atoms with E-state index in [1.165, 1.54) is 25.1 Å². The molecular weight excluding hydrogens is 299 g/mol. The van der Waals surface area contributed by atoms with Crippen LogP contribution in [0.5, 0.6) is 0 Å². The number of rotatable bonds is 4. The quantitative estimate of drug-likeness (QED) is 0.868. The van der Waals surface area contributed by atoms with Gasteiger partial charge in [-0.05, 0) is 37.1 Å². The number of esters is 1. The molecule has 2 N–H and O–H groups in total. The van der Waals surface area contributed by atoms with Gasteiger partial charge >= 0.3 is 11.9 Å². The highest BCUT2D eigenvalue weighted by atomic mass is 35.5. The number of benzene rings is 1. The molecule has 0 spiro atoms. The van der Waals surface area contributed by atoms with E-state index in [0.717, 1.165) is 0 Å². The minimum Gasteiger partial charge on any atom is -0.462 e. The number of ether oxygens (including phenoxy) is 1. The molecule has 108 valence electrons. The van der Waals surface area contributed by atoms with Crippen molar-refractivity contribution in [1.82, 2.24) is 0 Å². The second-order valence-electron chi connectivity index (χ2n) is 3.82. The first-order valence-corrected chi connectivity index (χ1v) is 5.75. The van der Waals surface area contributed by atoms with Crippen LogP contribution < -0.4 is 5.73 Å². The van der Waals surface area contributed by atoms with Gasteiger partial charge in [0.2, 0.25) is 0 Å². The van der Waals surface area contributed by atoms with E-state index in [1.54, 1.807) is 6.92 Å². The lowest BCUT2D eigenvalue weighted by atomic mass is 9.97. The zero-order chi connectivity index (χ0) is 13.9. The highest BCUT2D eigenvalue weighted by Gasteiger charge is 2.48. The average Bonchev–Trinajstić information content (AvgIpc) is 2.28. The van der Waals surface area contributed by atoms with Crippen LogP contribution in [0.15, 0.2) is 18.2 Å². The highest BCUT2D eigenvalue weighted by Crippen LogP contribution is 2.33. The fourth-order valence-corrected chi connectivity index (χ4v) is 1.76. The van der Waals surface area contributed by atoms with Crippen molar-refractivity contribution in [2.75, 3.05) is 6.61 Å². The van der Waals surface area contributed by atoms with Crippen molar-refractivity contribution >= 4 is 30.0 Å². The molecule has 1 atom stereocenters. The van der Waals surface area contributed by atoms with Gasteiger partial charge in [0, 0.05) is 5.02 Å². The lowest BCUT2D eigenvalue weighted by Crippen LogP contribution is -2.42. The Balaban J connectivity index is 0.00000324. The number of aryl methyl sites for hydroxylation is 1. The summed E-state index contributed by atoms with van der Waals surface area (Å²) in [5, 5.41) is 0.419. The molecule has 0 aliphatic rings. The van der Waals surface area contributed by atoms with E-state index < -0.39 is 17.9 Å². The van der Waals surface area contributed by atoms with Crippen LogP contribution in [0.4, 0.5) is 8.78 Å². The summed E-state index contributed by atoms with van der Waals surface area (Å²) in [5.41, 5.74) is 6.12. The molecule has 0 aliphatic carbocycles. The Morgan fingerprint density at radius 1 is 1.53 bits per heavy atom. The molecule has 19 heavy (non-hydrogen) atoms. The van der Waals surface area contributed by atoms with E-state index in [-0.39, 0.29) is 24.6 Å². The van der Waals surface area contributed by atoms with Gasteiger partial charge in [0.15, 0.2) is 0 Å². The van der Waals surface area contributed by atoms with Crippen molar-refractivity contribution in [3.05, 3.63) is 34.3 Å². The minimum absolute atomic E-state index is 0. The van der Waals surface area contributed by atoms with Gasteiger partial charge in [-0.3, -0.25) is 0 Å². The van der Waals surface area contributed by atoms with Gasteiger partial charge in [-0.15, -0.1) is 12.4 Å². The minimum atomic E-state index is -3.77. The van der Waals surface area contributed by atoms with Gasteiger partial charge in [0.05, 0.1) is 6.61 Å². The lowest BCUT2D eigenvalue weighted by molar-refractivity contribution is -0.174. The Hall–Kier alpha value is -0.910. The van der Waals surface area contributed by atoms with Crippen LogP contribution in [-0.4, -0.2) is 18.5 Å². The molecule has 0 unspecified atom stereocenters. The third kappa shape index (κ3) is 4.03. The Kier molecular flexibility index (Phi) is 6.69. The summed E-state index contributed by atoms with van der Waals surface area (Å²) in [4.78, 5) is 11.2. The van der Waals surface area contributed by atoms with Gasteiger partial charge in [-0.25, -0.2) is 4.79 Å². The summed E-state index contributed by atoms with van der Waals surface area (Å²) in [6.45, 7) is 2.93. The number of carbonyl (C=O) groups excluding carboxylic acids is 1. The molecule has 1 aromatic rings. The molecule has 7 heteroatoms. The van der Waals surface area contributed by atoms with Crippen molar-refractivity contribution < 1.29 is 18.3 Å². The maximum Gasteiger partial charge on any atom is 0.379 e. The summed E-state index contributed by atoms with van der Waals surface area (Å²) in [6, 6.07) is 2.59. The normalized spacial score (nSPS) is 12.5. The third-order valence-corrected chi connectivity index (χ3v) is 2.74. The Labute approximate surface area is 121 Å². The molecule has 0 radical (unpaired) electrons. The molecule has 3 nitrogen and oxygen atoms in total. The van der Waals surface area contributed by atoms with Crippen LogP contribution in [0.2, 0.25) is 5.02 Å². The number of alkyl halides is 2. The van der Waals surface area contributed by atoms with Crippen LogP contribution in [0.25, 0.3) is 0 Å². The maximum atomic E-state index is 13.7. The Morgan fingerprint density at radius 2 is 2.11 bits per heavy atom. The summed E-state index contributed by atoms with van der Waals surface area (Å²) in [7, 11) is 0. The van der Waals surface area contributed by atoms with Gasteiger partial charge in [-0.2, -0.15) is 8.78 Å². The van der Waals surface area contributed by atoms with Gasteiger partial charge < -0.3 is 10.5 Å². The van der Waals surface area contributed by atoms with Crippen molar-refractivity contribution in [2.45, 2.75) is 25.8 Å². The summed E-state index contributed by atoms with van der Waals surface area (Å²) in [6.07, 6.45) is 0. The largest absolute Gasteiger partial charge is 0.462 e. The van der Waals surface area contributed by atoms with E-state index in [4.69, 9.17) is 17.3 Å². The zero-order valence-corrected chi connectivity index (χ0v) is 12.0. The summed E-state index contributed by atoms with van der Waals surface area (Å²) >= 11 is 5.73. The third-order valence-electron chi connectivity index (χ3n) is 2.51. The maximum absolute atomic E-state index is 13.7. The monoisotopic (exact) mass is 313 g/mol. The standard InChI is InChI=1S/C12H14ClF2NO2.ClH/c1-3-18-11(17)12(14,15)10(16)9-5-4-8(13)6-7(9)2;/h4-6,10H,3,16H2,1-2H3;1H/t10-;/m1./s1. The molecule has 1 rings (SSSR count). The Bertz CT molecular complexity index is 455. The fraction of sp³-hybridized carbons (Fsp3) is 0.417. The first-order chi connectivity index (χ1) is 8.30. The predicted molar refractivity (Wildman–Crippen MR) is 71.9 cm³/mol. The van der Waals surface area contributed by atoms with Crippen LogP contribution in [0, 0.1) is 6.92 Å². The second kappa shape index (κ2) is 7.03. The van der Waals surface area contributed by atoms with E-state index in [0.29, 0.717) is 10.6 Å². The van der Waals surface area contributed by atoms with Crippen LogP contribution in [0.1, 0.15) is 24.1 Å². The fourth-order valence-electron chi connectivity index (χ4n) is 1.54. The first kappa shape index (κ1) is 18.1. The van der Waals surface area contributed by atoms with E-state index in [2.05, 4.69) is 4.74 Å². The lowest BCUT2D eigenvalue weighted by Gasteiger charge is -2.23. The molecule has 0 heterocycles. The van der Waals surface area contributed by atoms with Crippen molar-refractivity contribution in [1.29, 1.82) is 0 Å². The summed E-state index contributed by atoms with van der Waals surface area (Å²) in [5.74, 6) is -5.39. The van der Waals surface area contributed by atoms with Crippen LogP contribution in [0.3, 0.4) is 0 Å². The van der Waals surface area contributed by atoms with Gasteiger partial charge in [-0.1, -0.05) is 17.7 Å². The predicted octanol–water partition coefficient (Wildman–Crippen LogP) is 3.27. The molecule has 1 aromatic carbocycles. The number of nitrogens with two attached hydrogens (primary N) is 1.